The van der Waals surface area contributed by atoms with Gasteiger partial charge in [-0.2, -0.15) is 14.9 Å². The molecule has 1 aromatic heterocycles. The van der Waals surface area contributed by atoms with Gasteiger partial charge in [-0.3, -0.25) is 5.10 Å². The molecule has 0 unspecified atom stereocenters. The molecular formula is C13H16N4S. The highest BCUT2D eigenvalue weighted by atomic mass is 32.1. The molecule has 0 aliphatic heterocycles. The molecule has 18 heavy (non-hydrogen) atoms. The van der Waals surface area contributed by atoms with Crippen molar-refractivity contribution >= 4 is 18.4 Å². The van der Waals surface area contributed by atoms with Crippen LogP contribution in [-0.2, 0) is 0 Å². The van der Waals surface area contributed by atoms with Crippen molar-refractivity contribution in [1.29, 1.82) is 0 Å². The van der Waals surface area contributed by atoms with Gasteiger partial charge < -0.3 is 0 Å². The summed E-state index contributed by atoms with van der Waals surface area (Å²) in [6, 6.07) is 4.30. The lowest BCUT2D eigenvalue weighted by Gasteiger charge is -2.06. The average Bonchev–Trinajstić information content (AvgIpc) is 2.58. The fourth-order valence-corrected chi connectivity index (χ4v) is 2.24. The van der Waals surface area contributed by atoms with Crippen LogP contribution in [0.3, 0.4) is 0 Å². The van der Waals surface area contributed by atoms with Crippen LogP contribution in [-0.4, -0.2) is 21.1 Å². The predicted octanol–water partition coefficient (Wildman–Crippen LogP) is 3.06. The van der Waals surface area contributed by atoms with Crippen molar-refractivity contribution in [3.05, 3.63) is 45.0 Å². The molecule has 1 heterocycles. The maximum absolute atomic E-state index is 5.11. The molecule has 0 radical (unpaired) electrons. The van der Waals surface area contributed by atoms with E-state index in [0.29, 0.717) is 4.77 Å². The summed E-state index contributed by atoms with van der Waals surface area (Å²) in [5.74, 6) is 0.749. The van der Waals surface area contributed by atoms with Crippen molar-refractivity contribution in [2.45, 2.75) is 27.7 Å². The smallest absolute Gasteiger partial charge is 0.216 e. The summed E-state index contributed by atoms with van der Waals surface area (Å²) in [7, 11) is 0. The number of nitrogens with zero attached hydrogens (tertiary/aromatic N) is 3. The van der Waals surface area contributed by atoms with Gasteiger partial charge in [0.15, 0.2) is 0 Å². The Morgan fingerprint density at radius 1 is 1.22 bits per heavy atom. The van der Waals surface area contributed by atoms with Crippen LogP contribution in [0.15, 0.2) is 17.2 Å². The van der Waals surface area contributed by atoms with Crippen molar-refractivity contribution in [3.63, 3.8) is 0 Å². The van der Waals surface area contributed by atoms with Crippen molar-refractivity contribution in [3.8, 4) is 0 Å². The van der Waals surface area contributed by atoms with E-state index in [1.807, 2.05) is 13.1 Å². The number of aromatic nitrogens is 3. The Morgan fingerprint density at radius 2 is 1.83 bits per heavy atom. The second-order valence-electron chi connectivity index (χ2n) is 4.44. The molecule has 4 nitrogen and oxygen atoms in total. The molecule has 0 saturated heterocycles. The standard InChI is InChI=1S/C13H16N4S/c1-8-5-9(2)12(10(3)6-8)7-14-17-11(4)15-16-13(17)18/h5-7H,1-4H3,(H,16,18). The number of aromatic amines is 1. The molecule has 2 aromatic rings. The minimum atomic E-state index is 0.506. The van der Waals surface area contributed by atoms with Gasteiger partial charge in [-0.15, -0.1) is 0 Å². The highest BCUT2D eigenvalue weighted by molar-refractivity contribution is 7.71. The Morgan fingerprint density at radius 3 is 2.33 bits per heavy atom. The maximum Gasteiger partial charge on any atom is 0.216 e. The van der Waals surface area contributed by atoms with Gasteiger partial charge in [0.25, 0.3) is 0 Å². The SMILES string of the molecule is Cc1cc(C)c(C=Nn2c(C)n[nH]c2=S)c(C)c1. The molecule has 0 saturated carbocycles. The van der Waals surface area contributed by atoms with Gasteiger partial charge in [-0.1, -0.05) is 17.7 Å². The zero-order chi connectivity index (χ0) is 13.3. The van der Waals surface area contributed by atoms with Crippen LogP contribution in [0.1, 0.15) is 28.1 Å². The number of rotatable bonds is 2. The largest absolute Gasteiger partial charge is 0.250 e. The minimum Gasteiger partial charge on any atom is -0.250 e. The Hall–Kier alpha value is -1.75. The van der Waals surface area contributed by atoms with Gasteiger partial charge >= 0.3 is 0 Å². The Labute approximate surface area is 111 Å². The summed E-state index contributed by atoms with van der Waals surface area (Å²) in [4.78, 5) is 0. The number of hydrogen-bond donors (Lipinski definition) is 1. The number of aryl methyl sites for hydroxylation is 4. The van der Waals surface area contributed by atoms with E-state index in [-0.39, 0.29) is 0 Å². The molecule has 94 valence electrons. The third-order valence-corrected chi connectivity index (χ3v) is 3.12. The summed E-state index contributed by atoms with van der Waals surface area (Å²) >= 11 is 5.11. The highest BCUT2D eigenvalue weighted by Gasteiger charge is 2.02. The molecule has 0 fully saturated rings. The second-order valence-corrected chi connectivity index (χ2v) is 4.83. The second kappa shape index (κ2) is 4.86. The first-order valence-electron chi connectivity index (χ1n) is 5.75. The zero-order valence-electron chi connectivity index (χ0n) is 11.0. The van der Waals surface area contributed by atoms with Crippen LogP contribution in [0, 0.1) is 32.5 Å². The van der Waals surface area contributed by atoms with Gasteiger partial charge in [0.1, 0.15) is 5.82 Å². The van der Waals surface area contributed by atoms with Crippen LogP contribution in [0.2, 0.25) is 0 Å². The Balaban J connectivity index is 2.44. The number of benzene rings is 1. The normalized spacial score (nSPS) is 11.3. The summed E-state index contributed by atoms with van der Waals surface area (Å²) < 4.78 is 2.12. The van der Waals surface area contributed by atoms with E-state index < -0.39 is 0 Å². The molecular weight excluding hydrogens is 244 g/mol. The molecule has 0 bridgehead atoms. The highest BCUT2D eigenvalue weighted by Crippen LogP contribution is 2.14. The van der Waals surface area contributed by atoms with Gasteiger partial charge in [-0.25, -0.2) is 0 Å². The summed E-state index contributed by atoms with van der Waals surface area (Å²) in [6.07, 6.45) is 1.84. The van der Waals surface area contributed by atoms with E-state index in [4.69, 9.17) is 12.2 Å². The van der Waals surface area contributed by atoms with E-state index in [2.05, 4.69) is 48.2 Å². The zero-order valence-corrected chi connectivity index (χ0v) is 11.8. The third kappa shape index (κ3) is 2.41. The molecule has 1 N–H and O–H groups in total. The Bertz CT molecular complexity index is 641. The molecule has 5 heteroatoms. The van der Waals surface area contributed by atoms with E-state index in [0.717, 1.165) is 11.4 Å². The lowest BCUT2D eigenvalue weighted by Crippen LogP contribution is -1.98. The fraction of sp³-hybridized carbons (Fsp3) is 0.308. The Kier molecular flexibility index (Phi) is 3.43. The van der Waals surface area contributed by atoms with Crippen molar-refractivity contribution in [2.24, 2.45) is 5.10 Å². The van der Waals surface area contributed by atoms with Crippen LogP contribution >= 0.6 is 12.2 Å². The van der Waals surface area contributed by atoms with Crippen LogP contribution in [0.4, 0.5) is 0 Å². The summed E-state index contributed by atoms with van der Waals surface area (Å²) in [6.45, 7) is 8.13. The average molecular weight is 260 g/mol. The van der Waals surface area contributed by atoms with E-state index in [9.17, 15) is 0 Å². The monoisotopic (exact) mass is 260 g/mol. The lowest BCUT2D eigenvalue weighted by atomic mass is 10.0. The minimum absolute atomic E-state index is 0.506. The van der Waals surface area contributed by atoms with Crippen LogP contribution in [0.25, 0.3) is 0 Å². The molecule has 0 atom stereocenters. The first kappa shape index (κ1) is 12.7. The van der Waals surface area contributed by atoms with Crippen molar-refractivity contribution in [2.75, 3.05) is 0 Å². The first-order valence-corrected chi connectivity index (χ1v) is 6.16. The van der Waals surface area contributed by atoms with E-state index >= 15 is 0 Å². The molecule has 0 spiro atoms. The number of nitrogens with one attached hydrogen (secondary N) is 1. The van der Waals surface area contributed by atoms with E-state index in [1.54, 1.807) is 4.68 Å². The first-order chi connectivity index (χ1) is 8.49. The fourth-order valence-electron chi connectivity index (χ4n) is 2.02. The van der Waals surface area contributed by atoms with Crippen LogP contribution in [0.5, 0.6) is 0 Å². The molecule has 0 amide bonds. The maximum atomic E-state index is 5.11. The summed E-state index contributed by atoms with van der Waals surface area (Å²) in [5, 5.41) is 11.1. The molecule has 1 aromatic carbocycles. The van der Waals surface area contributed by atoms with Gasteiger partial charge in [0.05, 0.1) is 6.21 Å². The molecule has 0 aliphatic carbocycles. The van der Waals surface area contributed by atoms with Crippen LogP contribution < -0.4 is 0 Å². The summed E-state index contributed by atoms with van der Waals surface area (Å²) in [5.41, 5.74) is 4.81. The van der Waals surface area contributed by atoms with Crippen molar-refractivity contribution < 1.29 is 0 Å². The van der Waals surface area contributed by atoms with E-state index in [1.165, 1.54) is 16.7 Å². The van der Waals surface area contributed by atoms with Gasteiger partial charge in [0.2, 0.25) is 4.77 Å². The number of hydrogen-bond acceptors (Lipinski definition) is 3. The predicted molar refractivity (Wildman–Crippen MR) is 75.8 cm³/mol. The molecule has 2 rings (SSSR count). The van der Waals surface area contributed by atoms with Crippen molar-refractivity contribution in [1.82, 2.24) is 14.9 Å². The third-order valence-electron chi connectivity index (χ3n) is 2.85. The lowest BCUT2D eigenvalue weighted by molar-refractivity contribution is 0.820. The quantitative estimate of drug-likeness (QED) is 0.666. The number of H-pyrrole nitrogens is 1. The van der Waals surface area contributed by atoms with Gasteiger partial charge in [0, 0.05) is 5.56 Å². The topological polar surface area (TPSA) is 46.0 Å². The molecule has 0 aliphatic rings. The van der Waals surface area contributed by atoms with Gasteiger partial charge in [-0.05, 0) is 51.0 Å².